The van der Waals surface area contributed by atoms with E-state index in [0.717, 1.165) is 16.7 Å². The number of nitrogens with one attached hydrogen (secondary N) is 1. The summed E-state index contributed by atoms with van der Waals surface area (Å²) in [6, 6.07) is 21.5. The number of methoxy groups -OCH3 is 3. The van der Waals surface area contributed by atoms with Gasteiger partial charge in [0.05, 0.1) is 27.4 Å². The van der Waals surface area contributed by atoms with Gasteiger partial charge in [0.15, 0.2) is 11.5 Å². The molecule has 0 aliphatic rings. The van der Waals surface area contributed by atoms with Gasteiger partial charge in [-0.3, -0.25) is 0 Å². The maximum Gasteiger partial charge on any atom is 0.203 e. The molecule has 3 aromatic rings. The lowest BCUT2D eigenvalue weighted by atomic mass is 9.93. The summed E-state index contributed by atoms with van der Waals surface area (Å²) < 4.78 is 22.5. The molecule has 182 valence electrons. The molecule has 1 atom stereocenters. The summed E-state index contributed by atoms with van der Waals surface area (Å²) in [5, 5.41) is 14.5. The van der Waals surface area contributed by atoms with Crippen LogP contribution >= 0.6 is 0 Å². The molecule has 0 aliphatic carbocycles. The molecule has 6 nitrogen and oxygen atoms in total. The largest absolute Gasteiger partial charge is 0.493 e. The normalized spacial score (nSPS) is 12.2. The van der Waals surface area contributed by atoms with Crippen LogP contribution in [0.1, 0.15) is 36.6 Å². The highest BCUT2D eigenvalue weighted by Gasteiger charge is 2.25. The van der Waals surface area contributed by atoms with Gasteiger partial charge in [0.1, 0.15) is 12.4 Å². The van der Waals surface area contributed by atoms with Gasteiger partial charge in [-0.25, -0.2) is 0 Å². The molecule has 1 unspecified atom stereocenters. The van der Waals surface area contributed by atoms with E-state index in [4.69, 9.17) is 18.9 Å². The predicted octanol–water partition coefficient (Wildman–Crippen LogP) is 4.94. The third-order valence-electron chi connectivity index (χ3n) is 5.71. The molecule has 3 aromatic carbocycles. The van der Waals surface area contributed by atoms with E-state index >= 15 is 0 Å². The fourth-order valence-electron chi connectivity index (χ4n) is 3.95. The van der Waals surface area contributed by atoms with Crippen molar-refractivity contribution in [2.75, 3.05) is 27.9 Å². The second-order valence-electron chi connectivity index (χ2n) is 8.76. The molecule has 2 N–H and O–H groups in total. The number of aliphatic hydroxyl groups excluding tert-OH is 1. The van der Waals surface area contributed by atoms with Crippen molar-refractivity contribution >= 4 is 0 Å². The molecule has 0 aromatic heterocycles. The van der Waals surface area contributed by atoms with E-state index in [1.807, 2.05) is 66.7 Å². The summed E-state index contributed by atoms with van der Waals surface area (Å²) in [7, 11) is 4.82. The topological polar surface area (TPSA) is 69.2 Å². The number of hydrogen-bond donors (Lipinski definition) is 2. The predicted molar refractivity (Wildman–Crippen MR) is 134 cm³/mol. The first-order valence-corrected chi connectivity index (χ1v) is 11.3. The Labute approximate surface area is 202 Å². The van der Waals surface area contributed by atoms with Gasteiger partial charge in [-0.05, 0) is 38.0 Å². The molecule has 0 bridgehead atoms. The quantitative estimate of drug-likeness (QED) is 0.395. The first kappa shape index (κ1) is 25.4. The van der Waals surface area contributed by atoms with E-state index < -0.39 is 6.10 Å². The average Bonchev–Trinajstić information content (AvgIpc) is 2.86. The van der Waals surface area contributed by atoms with Crippen LogP contribution in [0.2, 0.25) is 0 Å². The van der Waals surface area contributed by atoms with Crippen molar-refractivity contribution in [1.29, 1.82) is 0 Å². The van der Waals surface area contributed by atoms with E-state index in [1.165, 1.54) is 0 Å². The van der Waals surface area contributed by atoms with Crippen molar-refractivity contribution < 1.29 is 24.1 Å². The van der Waals surface area contributed by atoms with Crippen molar-refractivity contribution in [3.63, 3.8) is 0 Å². The number of hydrogen-bond acceptors (Lipinski definition) is 6. The third-order valence-corrected chi connectivity index (χ3v) is 5.71. The van der Waals surface area contributed by atoms with E-state index in [1.54, 1.807) is 21.3 Å². The standard InChI is InChI=1S/C28H35NO5/c1-28(2,17-21-15-16-25(31-3)27(33-5)26(21)32-4)29-18-23(30)22-13-9-10-14-24(22)34-19-20-11-7-6-8-12-20/h6-16,23,29-30H,17-19H2,1-5H3. The molecule has 0 saturated carbocycles. The van der Waals surface area contributed by atoms with Gasteiger partial charge in [0.25, 0.3) is 0 Å². The van der Waals surface area contributed by atoms with Crippen molar-refractivity contribution in [3.05, 3.63) is 83.4 Å². The Kier molecular flexibility index (Phi) is 8.79. The lowest BCUT2D eigenvalue weighted by Gasteiger charge is -2.29. The van der Waals surface area contributed by atoms with Crippen LogP contribution in [0, 0.1) is 0 Å². The summed E-state index contributed by atoms with van der Waals surface area (Å²) in [4.78, 5) is 0. The van der Waals surface area contributed by atoms with Crippen LogP contribution in [-0.4, -0.2) is 38.5 Å². The van der Waals surface area contributed by atoms with Crippen molar-refractivity contribution in [1.82, 2.24) is 5.32 Å². The second-order valence-corrected chi connectivity index (χ2v) is 8.76. The van der Waals surface area contributed by atoms with E-state index in [9.17, 15) is 5.11 Å². The monoisotopic (exact) mass is 465 g/mol. The van der Waals surface area contributed by atoms with Gasteiger partial charge in [-0.1, -0.05) is 54.6 Å². The molecule has 0 aliphatic heterocycles. The van der Waals surface area contributed by atoms with Gasteiger partial charge < -0.3 is 29.4 Å². The molecular formula is C28H35NO5. The minimum Gasteiger partial charge on any atom is -0.493 e. The molecule has 0 heterocycles. The van der Waals surface area contributed by atoms with Crippen LogP contribution in [0.4, 0.5) is 0 Å². The van der Waals surface area contributed by atoms with Crippen molar-refractivity contribution in [3.8, 4) is 23.0 Å². The van der Waals surface area contributed by atoms with Crippen molar-refractivity contribution in [2.45, 2.75) is 38.5 Å². The second kappa shape index (κ2) is 11.8. The van der Waals surface area contributed by atoms with Gasteiger partial charge >= 0.3 is 0 Å². The minimum atomic E-state index is -0.724. The van der Waals surface area contributed by atoms with Crippen LogP contribution in [0.5, 0.6) is 23.0 Å². The molecule has 34 heavy (non-hydrogen) atoms. The third kappa shape index (κ3) is 6.43. The number of benzene rings is 3. The van der Waals surface area contributed by atoms with Gasteiger partial charge in [0.2, 0.25) is 5.75 Å². The lowest BCUT2D eigenvalue weighted by molar-refractivity contribution is 0.154. The molecule has 0 saturated heterocycles. The highest BCUT2D eigenvalue weighted by atomic mass is 16.5. The minimum absolute atomic E-state index is 0.326. The summed E-state index contributed by atoms with van der Waals surface area (Å²) >= 11 is 0. The molecule has 6 heteroatoms. The lowest BCUT2D eigenvalue weighted by Crippen LogP contribution is -2.43. The summed E-state index contributed by atoms with van der Waals surface area (Å²) in [6.45, 7) is 5.00. The Morgan fingerprint density at radius 1 is 0.794 bits per heavy atom. The maximum absolute atomic E-state index is 11.0. The first-order valence-electron chi connectivity index (χ1n) is 11.3. The van der Waals surface area contributed by atoms with E-state index in [0.29, 0.717) is 42.6 Å². The SMILES string of the molecule is COc1ccc(CC(C)(C)NCC(O)c2ccccc2OCc2ccccc2)c(OC)c1OC. The molecule has 3 rings (SSSR count). The Morgan fingerprint density at radius 2 is 1.47 bits per heavy atom. The average molecular weight is 466 g/mol. The van der Waals surface area contributed by atoms with Crippen LogP contribution in [0.3, 0.4) is 0 Å². The number of ether oxygens (including phenoxy) is 4. The summed E-state index contributed by atoms with van der Waals surface area (Å²) in [5.41, 5.74) is 2.49. The van der Waals surface area contributed by atoms with Gasteiger partial charge in [-0.2, -0.15) is 0 Å². The number of rotatable bonds is 12. The van der Waals surface area contributed by atoms with Crippen LogP contribution in [0.25, 0.3) is 0 Å². The van der Waals surface area contributed by atoms with Crippen LogP contribution in [-0.2, 0) is 13.0 Å². The zero-order chi connectivity index (χ0) is 24.6. The number of aliphatic hydroxyl groups is 1. The summed E-state index contributed by atoms with van der Waals surface area (Å²) in [5.74, 6) is 2.52. The zero-order valence-corrected chi connectivity index (χ0v) is 20.6. The molecule has 0 fully saturated rings. The highest BCUT2D eigenvalue weighted by molar-refractivity contribution is 5.56. The fraction of sp³-hybridized carbons (Fsp3) is 0.357. The first-order chi connectivity index (χ1) is 16.4. The van der Waals surface area contributed by atoms with Gasteiger partial charge in [0, 0.05) is 23.2 Å². The Morgan fingerprint density at radius 3 is 2.15 bits per heavy atom. The van der Waals surface area contributed by atoms with Crippen molar-refractivity contribution in [2.24, 2.45) is 0 Å². The smallest absolute Gasteiger partial charge is 0.203 e. The molecule has 0 spiro atoms. The zero-order valence-electron chi connectivity index (χ0n) is 20.6. The molecule has 0 radical (unpaired) electrons. The fourth-order valence-corrected chi connectivity index (χ4v) is 3.95. The highest BCUT2D eigenvalue weighted by Crippen LogP contribution is 2.41. The number of β-amino-alcohol motifs (C(OH)–C–C–N with tert-alkyl or cyclic N) is 1. The maximum atomic E-state index is 11.0. The Bertz CT molecular complexity index is 1050. The molecule has 0 amide bonds. The van der Waals surface area contributed by atoms with E-state index in [-0.39, 0.29) is 5.54 Å². The Hall–Kier alpha value is -3.22. The van der Waals surface area contributed by atoms with E-state index in [2.05, 4.69) is 19.2 Å². The van der Waals surface area contributed by atoms with Gasteiger partial charge in [-0.15, -0.1) is 0 Å². The van der Waals surface area contributed by atoms with Crippen LogP contribution < -0.4 is 24.3 Å². The number of para-hydroxylation sites is 1. The Balaban J connectivity index is 1.67. The van der Waals surface area contributed by atoms with Crippen LogP contribution in [0.15, 0.2) is 66.7 Å². The molecular weight excluding hydrogens is 430 g/mol. The summed E-state index contributed by atoms with van der Waals surface area (Å²) in [6.07, 6.45) is -0.0615.